The SMILES string of the molecule is CCN(CC)CCCN1C(=O)C(=O)/C(=C(/O)c2c(C)[nH]c(C(=O)OC)c2C)[C@@H]1c1ccc(C)o1. The number of likely N-dealkylation sites (tertiary alicyclic amines) is 1. The monoisotopic (exact) mass is 471 g/mol. The number of aromatic nitrogens is 1. The number of ether oxygens (including phenoxy) is 1. The number of carbonyl (C=O) groups excluding carboxylic acids is 3. The van der Waals surface area contributed by atoms with Crippen LogP contribution >= 0.6 is 0 Å². The van der Waals surface area contributed by atoms with Crippen LogP contribution in [-0.4, -0.2) is 70.8 Å². The summed E-state index contributed by atoms with van der Waals surface area (Å²) in [5.41, 5.74) is 1.35. The predicted octanol–water partition coefficient (Wildman–Crippen LogP) is 3.47. The number of Topliss-reactive ketones (excluding diaryl/α,β-unsaturated/α-hetero) is 1. The zero-order chi connectivity index (χ0) is 25.2. The van der Waals surface area contributed by atoms with E-state index in [-0.39, 0.29) is 17.0 Å². The summed E-state index contributed by atoms with van der Waals surface area (Å²) in [7, 11) is 1.26. The molecule has 2 N–H and O–H groups in total. The fraction of sp³-hybridized carbons (Fsp3) is 0.480. The van der Waals surface area contributed by atoms with Crippen molar-refractivity contribution in [1.82, 2.24) is 14.8 Å². The quantitative estimate of drug-likeness (QED) is 0.249. The minimum Gasteiger partial charge on any atom is -0.507 e. The molecule has 1 saturated heterocycles. The highest BCUT2D eigenvalue weighted by atomic mass is 16.5. The summed E-state index contributed by atoms with van der Waals surface area (Å²) >= 11 is 0. The molecule has 0 aliphatic carbocycles. The Bertz CT molecular complexity index is 1120. The standard InChI is InChI=1S/C25H33N3O6/c1-7-27(8-2)12-9-13-28-21(17-11-10-14(3)34-17)19(23(30)24(28)31)22(29)18-15(4)20(25(32)33-6)26-16(18)5/h10-11,21,26,29H,7-9,12-13H2,1-6H3/b22-19+/t21-/m0/s1. The highest BCUT2D eigenvalue weighted by Gasteiger charge is 2.47. The van der Waals surface area contributed by atoms with Crippen LogP contribution in [0.1, 0.15) is 65.1 Å². The largest absolute Gasteiger partial charge is 0.507 e. The van der Waals surface area contributed by atoms with Gasteiger partial charge >= 0.3 is 5.97 Å². The Morgan fingerprint density at radius 3 is 2.44 bits per heavy atom. The number of amides is 1. The molecule has 3 heterocycles. The van der Waals surface area contributed by atoms with E-state index in [0.29, 0.717) is 41.3 Å². The molecule has 0 unspecified atom stereocenters. The van der Waals surface area contributed by atoms with Crippen LogP contribution in [-0.2, 0) is 14.3 Å². The van der Waals surface area contributed by atoms with Gasteiger partial charge in [-0.3, -0.25) is 9.59 Å². The van der Waals surface area contributed by atoms with Gasteiger partial charge in [-0.2, -0.15) is 0 Å². The second kappa shape index (κ2) is 10.3. The number of aliphatic hydroxyl groups is 1. The Kier molecular flexibility index (Phi) is 7.66. The van der Waals surface area contributed by atoms with E-state index in [9.17, 15) is 19.5 Å². The smallest absolute Gasteiger partial charge is 0.354 e. The first-order chi connectivity index (χ1) is 16.2. The van der Waals surface area contributed by atoms with Crippen molar-refractivity contribution < 1.29 is 28.6 Å². The molecule has 3 rings (SSSR count). The third-order valence-corrected chi connectivity index (χ3v) is 6.40. The zero-order valence-electron chi connectivity index (χ0n) is 20.7. The van der Waals surface area contributed by atoms with Gasteiger partial charge < -0.3 is 29.0 Å². The molecule has 0 radical (unpaired) electrons. The van der Waals surface area contributed by atoms with Gasteiger partial charge in [0.25, 0.3) is 11.7 Å². The van der Waals surface area contributed by atoms with Crippen LogP contribution in [0.4, 0.5) is 0 Å². The molecule has 9 heteroatoms. The van der Waals surface area contributed by atoms with Crippen molar-refractivity contribution in [1.29, 1.82) is 0 Å². The third-order valence-electron chi connectivity index (χ3n) is 6.40. The average Bonchev–Trinajstić information content (AvgIpc) is 3.45. The summed E-state index contributed by atoms with van der Waals surface area (Å²) in [6, 6.07) is 2.61. The maximum absolute atomic E-state index is 13.2. The molecular formula is C25H33N3O6. The number of aromatic amines is 1. The number of rotatable bonds is 9. The van der Waals surface area contributed by atoms with Crippen molar-refractivity contribution in [2.75, 3.05) is 33.3 Å². The van der Waals surface area contributed by atoms with E-state index in [1.165, 1.54) is 12.0 Å². The van der Waals surface area contributed by atoms with Crippen LogP contribution in [0.2, 0.25) is 0 Å². The minimum absolute atomic E-state index is 0.0520. The molecule has 0 bridgehead atoms. The maximum atomic E-state index is 13.2. The zero-order valence-corrected chi connectivity index (χ0v) is 20.7. The van der Waals surface area contributed by atoms with Crippen LogP contribution < -0.4 is 0 Å². The number of nitrogens with one attached hydrogen (secondary N) is 1. The van der Waals surface area contributed by atoms with Gasteiger partial charge in [0.2, 0.25) is 0 Å². The van der Waals surface area contributed by atoms with Crippen molar-refractivity contribution in [3.63, 3.8) is 0 Å². The fourth-order valence-corrected chi connectivity index (χ4v) is 4.56. The summed E-state index contributed by atoms with van der Waals surface area (Å²) < 4.78 is 10.6. The van der Waals surface area contributed by atoms with Gasteiger partial charge in [-0.05, 0) is 64.5 Å². The van der Waals surface area contributed by atoms with Crippen LogP contribution in [0.3, 0.4) is 0 Å². The third kappa shape index (κ3) is 4.52. The fourth-order valence-electron chi connectivity index (χ4n) is 4.56. The topological polar surface area (TPSA) is 116 Å². The number of hydrogen-bond acceptors (Lipinski definition) is 7. The highest BCUT2D eigenvalue weighted by molar-refractivity contribution is 6.46. The highest BCUT2D eigenvalue weighted by Crippen LogP contribution is 2.41. The van der Waals surface area contributed by atoms with Crippen LogP contribution in [0.25, 0.3) is 5.76 Å². The molecule has 34 heavy (non-hydrogen) atoms. The Labute approximate surface area is 199 Å². The number of H-pyrrole nitrogens is 1. The number of carbonyl (C=O) groups is 3. The molecule has 1 atom stereocenters. The van der Waals surface area contributed by atoms with Gasteiger partial charge in [-0.15, -0.1) is 0 Å². The number of methoxy groups -OCH3 is 1. The van der Waals surface area contributed by atoms with E-state index in [2.05, 4.69) is 23.7 Å². The lowest BCUT2D eigenvalue weighted by Gasteiger charge is -2.25. The normalized spacial score (nSPS) is 17.7. The van der Waals surface area contributed by atoms with Gasteiger partial charge in [0.05, 0.1) is 12.7 Å². The first-order valence-electron chi connectivity index (χ1n) is 11.5. The van der Waals surface area contributed by atoms with Gasteiger partial charge in [0.15, 0.2) is 0 Å². The Hall–Kier alpha value is -3.33. The molecule has 9 nitrogen and oxygen atoms in total. The summed E-state index contributed by atoms with van der Waals surface area (Å²) in [5.74, 6) is -1.36. The first kappa shape index (κ1) is 25.3. The molecule has 1 amide bonds. The molecule has 0 aromatic carbocycles. The molecule has 0 spiro atoms. The molecule has 184 valence electrons. The van der Waals surface area contributed by atoms with Crippen molar-refractivity contribution in [2.45, 2.75) is 47.1 Å². The van der Waals surface area contributed by atoms with Crippen molar-refractivity contribution >= 4 is 23.4 Å². The van der Waals surface area contributed by atoms with Crippen molar-refractivity contribution in [2.24, 2.45) is 0 Å². The Morgan fingerprint density at radius 2 is 1.88 bits per heavy atom. The Balaban J connectivity index is 2.09. The summed E-state index contributed by atoms with van der Waals surface area (Å²) in [4.78, 5) is 45.0. The number of ketones is 1. The van der Waals surface area contributed by atoms with E-state index in [4.69, 9.17) is 9.15 Å². The van der Waals surface area contributed by atoms with Gasteiger partial charge in [0.1, 0.15) is 29.0 Å². The van der Waals surface area contributed by atoms with Crippen LogP contribution in [0.5, 0.6) is 0 Å². The van der Waals surface area contributed by atoms with E-state index < -0.39 is 23.7 Å². The molecule has 1 aliphatic heterocycles. The number of esters is 1. The average molecular weight is 472 g/mol. The van der Waals surface area contributed by atoms with E-state index in [1.807, 2.05) is 0 Å². The van der Waals surface area contributed by atoms with Gasteiger partial charge in [-0.1, -0.05) is 13.8 Å². The lowest BCUT2D eigenvalue weighted by Crippen LogP contribution is -2.33. The molecule has 1 fully saturated rings. The minimum atomic E-state index is -0.860. The molecule has 0 saturated carbocycles. The molecular weight excluding hydrogens is 438 g/mol. The number of furan rings is 1. The molecule has 2 aromatic rings. The maximum Gasteiger partial charge on any atom is 0.354 e. The van der Waals surface area contributed by atoms with E-state index in [1.54, 1.807) is 32.9 Å². The van der Waals surface area contributed by atoms with Crippen LogP contribution in [0.15, 0.2) is 22.1 Å². The van der Waals surface area contributed by atoms with Gasteiger partial charge in [0, 0.05) is 17.8 Å². The lowest BCUT2D eigenvalue weighted by atomic mass is 9.97. The second-order valence-electron chi connectivity index (χ2n) is 8.44. The number of aliphatic hydroxyl groups excluding tert-OH is 1. The van der Waals surface area contributed by atoms with Gasteiger partial charge in [-0.25, -0.2) is 4.79 Å². The van der Waals surface area contributed by atoms with E-state index >= 15 is 0 Å². The van der Waals surface area contributed by atoms with Crippen molar-refractivity contribution in [3.05, 3.63) is 51.7 Å². The van der Waals surface area contributed by atoms with Crippen molar-refractivity contribution in [3.8, 4) is 0 Å². The van der Waals surface area contributed by atoms with E-state index in [0.717, 1.165) is 19.6 Å². The predicted molar refractivity (Wildman–Crippen MR) is 126 cm³/mol. The summed E-state index contributed by atoms with van der Waals surface area (Å²) in [6.07, 6.45) is 0.666. The Morgan fingerprint density at radius 1 is 1.21 bits per heavy atom. The second-order valence-corrected chi connectivity index (χ2v) is 8.44. The lowest BCUT2D eigenvalue weighted by molar-refractivity contribution is -0.140. The summed E-state index contributed by atoms with van der Waals surface area (Å²) in [6.45, 7) is 12.2. The number of aryl methyl sites for hydroxylation is 2. The number of nitrogens with zero attached hydrogens (tertiary/aromatic N) is 2. The summed E-state index contributed by atoms with van der Waals surface area (Å²) in [5, 5.41) is 11.3. The molecule has 1 aliphatic rings. The first-order valence-corrected chi connectivity index (χ1v) is 11.5. The number of hydrogen-bond donors (Lipinski definition) is 2. The molecule has 2 aromatic heterocycles. The van der Waals surface area contributed by atoms with Crippen LogP contribution in [0, 0.1) is 20.8 Å².